The van der Waals surface area contributed by atoms with Crippen LogP contribution >= 0.6 is 0 Å². The maximum absolute atomic E-state index is 10.7. The molecule has 0 aromatic rings. The molecular formula is C5H8N2O4. The molecule has 1 amide bonds. The predicted molar refractivity (Wildman–Crippen MR) is 33.0 cm³/mol. The zero-order valence-corrected chi connectivity index (χ0v) is 5.70. The smallest absolute Gasteiger partial charge is 0.349 e. The van der Waals surface area contributed by atoms with Crippen molar-refractivity contribution in [3.63, 3.8) is 0 Å². The Morgan fingerprint density at radius 3 is 3.09 bits per heavy atom. The number of rotatable bonds is 1. The number of nitrogens with two attached hydrogens (primary N) is 1. The molecule has 0 aliphatic carbocycles. The largest absolute Gasteiger partial charge is 0.372 e. The van der Waals surface area contributed by atoms with Crippen LogP contribution in [0.2, 0.25) is 0 Å². The van der Waals surface area contributed by atoms with Crippen molar-refractivity contribution in [2.45, 2.75) is 6.04 Å². The molecule has 1 saturated heterocycles. The van der Waals surface area contributed by atoms with Gasteiger partial charge < -0.3 is 14.9 Å². The SMILES string of the molecule is NOC(=O)[C@@H]1COCC(=O)N1. The van der Waals surface area contributed by atoms with E-state index in [1.807, 2.05) is 0 Å². The second-order valence-electron chi connectivity index (χ2n) is 2.07. The van der Waals surface area contributed by atoms with Gasteiger partial charge in [-0.05, 0) is 0 Å². The van der Waals surface area contributed by atoms with Gasteiger partial charge in [-0.15, -0.1) is 0 Å². The molecule has 1 rings (SSSR count). The third kappa shape index (κ3) is 1.89. The first-order valence-electron chi connectivity index (χ1n) is 3.01. The molecule has 1 aliphatic heterocycles. The summed E-state index contributed by atoms with van der Waals surface area (Å²) in [5.74, 6) is 3.55. The van der Waals surface area contributed by atoms with Gasteiger partial charge in [0.05, 0.1) is 6.61 Å². The first kappa shape index (κ1) is 7.96. The summed E-state index contributed by atoms with van der Waals surface area (Å²) in [6, 6.07) is -0.763. The molecule has 62 valence electrons. The molecule has 3 N–H and O–H groups in total. The third-order valence-electron chi connectivity index (χ3n) is 1.25. The Balaban J connectivity index is 2.45. The number of carbonyl (C=O) groups excluding carboxylic acids is 2. The van der Waals surface area contributed by atoms with Gasteiger partial charge in [-0.1, -0.05) is 0 Å². The normalized spacial score (nSPS) is 24.1. The summed E-state index contributed by atoms with van der Waals surface area (Å²) < 4.78 is 4.75. The lowest BCUT2D eigenvalue weighted by Crippen LogP contribution is -2.51. The number of ether oxygens (including phenoxy) is 1. The van der Waals surface area contributed by atoms with Gasteiger partial charge in [-0.2, -0.15) is 5.90 Å². The van der Waals surface area contributed by atoms with E-state index in [2.05, 4.69) is 16.1 Å². The van der Waals surface area contributed by atoms with Crippen molar-refractivity contribution in [1.82, 2.24) is 5.32 Å². The van der Waals surface area contributed by atoms with Gasteiger partial charge in [0.2, 0.25) is 5.91 Å². The van der Waals surface area contributed by atoms with Crippen molar-refractivity contribution in [3.8, 4) is 0 Å². The molecule has 1 fully saturated rings. The molecule has 0 radical (unpaired) electrons. The Morgan fingerprint density at radius 2 is 2.55 bits per heavy atom. The van der Waals surface area contributed by atoms with E-state index in [-0.39, 0.29) is 19.1 Å². The van der Waals surface area contributed by atoms with Crippen LogP contribution < -0.4 is 11.2 Å². The van der Waals surface area contributed by atoms with Gasteiger partial charge in [-0.25, -0.2) is 4.79 Å². The van der Waals surface area contributed by atoms with Crippen molar-refractivity contribution in [2.75, 3.05) is 13.2 Å². The number of amides is 1. The van der Waals surface area contributed by atoms with Crippen LogP contribution in [0.5, 0.6) is 0 Å². The molecule has 0 spiro atoms. The summed E-state index contributed by atoms with van der Waals surface area (Å²) >= 11 is 0. The highest BCUT2D eigenvalue weighted by molar-refractivity contribution is 5.86. The fourth-order valence-electron chi connectivity index (χ4n) is 0.756. The quantitative estimate of drug-likeness (QED) is 0.429. The summed E-state index contributed by atoms with van der Waals surface area (Å²) in [4.78, 5) is 25.2. The van der Waals surface area contributed by atoms with Crippen molar-refractivity contribution in [1.29, 1.82) is 0 Å². The number of hydrogen-bond donors (Lipinski definition) is 2. The Hall–Kier alpha value is -1.14. The number of hydrogen-bond acceptors (Lipinski definition) is 5. The Kier molecular flexibility index (Phi) is 2.40. The molecule has 1 aliphatic rings. The van der Waals surface area contributed by atoms with Gasteiger partial charge in [0.15, 0.2) is 6.04 Å². The fraction of sp³-hybridized carbons (Fsp3) is 0.600. The monoisotopic (exact) mass is 160 g/mol. The second-order valence-corrected chi connectivity index (χ2v) is 2.07. The highest BCUT2D eigenvalue weighted by atomic mass is 16.7. The highest BCUT2D eigenvalue weighted by Gasteiger charge is 2.26. The Morgan fingerprint density at radius 1 is 1.82 bits per heavy atom. The summed E-state index contributed by atoms with van der Waals surface area (Å²) in [5, 5.41) is 2.35. The molecule has 1 heterocycles. The van der Waals surface area contributed by atoms with Crippen molar-refractivity contribution in [2.24, 2.45) is 5.90 Å². The highest BCUT2D eigenvalue weighted by Crippen LogP contribution is 1.94. The number of carbonyl (C=O) groups is 2. The van der Waals surface area contributed by atoms with Crippen LogP contribution in [0.1, 0.15) is 0 Å². The Bertz CT molecular complexity index is 181. The minimum absolute atomic E-state index is 0.0195. The molecule has 0 saturated carbocycles. The molecule has 0 bridgehead atoms. The topological polar surface area (TPSA) is 90.7 Å². The van der Waals surface area contributed by atoms with Crippen LogP contribution in [-0.2, 0) is 19.2 Å². The van der Waals surface area contributed by atoms with Crippen LogP contribution in [0, 0.1) is 0 Å². The summed E-state index contributed by atoms with van der Waals surface area (Å²) in [5.41, 5.74) is 0. The standard InChI is InChI=1S/C5H8N2O4/c6-11-5(9)3-1-10-2-4(8)7-3/h3H,1-2,6H2,(H,7,8)/t3-/m0/s1. The van der Waals surface area contributed by atoms with E-state index in [1.54, 1.807) is 0 Å². The maximum Gasteiger partial charge on any atom is 0.349 e. The first-order chi connectivity index (χ1) is 5.24. The lowest BCUT2D eigenvalue weighted by atomic mass is 10.3. The molecule has 11 heavy (non-hydrogen) atoms. The van der Waals surface area contributed by atoms with Crippen LogP contribution in [0.3, 0.4) is 0 Å². The fourth-order valence-corrected chi connectivity index (χ4v) is 0.756. The van der Waals surface area contributed by atoms with Gasteiger partial charge in [-0.3, -0.25) is 4.79 Å². The summed E-state index contributed by atoms with van der Waals surface area (Å²) in [6.45, 7) is 0.0934. The predicted octanol–water partition coefficient (Wildman–Crippen LogP) is -2.08. The van der Waals surface area contributed by atoms with Crippen molar-refractivity contribution >= 4 is 11.9 Å². The summed E-state index contributed by atoms with van der Waals surface area (Å²) in [7, 11) is 0. The Labute approximate surface area is 62.6 Å². The van der Waals surface area contributed by atoms with E-state index in [0.29, 0.717) is 0 Å². The molecule has 6 nitrogen and oxygen atoms in total. The zero-order valence-electron chi connectivity index (χ0n) is 5.70. The molecule has 6 heteroatoms. The zero-order chi connectivity index (χ0) is 8.27. The molecule has 0 aromatic carbocycles. The van der Waals surface area contributed by atoms with E-state index >= 15 is 0 Å². The first-order valence-corrected chi connectivity index (χ1v) is 3.01. The molecular weight excluding hydrogens is 152 g/mol. The lowest BCUT2D eigenvalue weighted by molar-refractivity contribution is -0.154. The van der Waals surface area contributed by atoms with E-state index in [9.17, 15) is 9.59 Å². The maximum atomic E-state index is 10.7. The van der Waals surface area contributed by atoms with Crippen LogP contribution in [0.4, 0.5) is 0 Å². The van der Waals surface area contributed by atoms with Crippen molar-refractivity contribution in [3.05, 3.63) is 0 Å². The average molecular weight is 160 g/mol. The third-order valence-corrected chi connectivity index (χ3v) is 1.25. The second kappa shape index (κ2) is 3.31. The molecule has 1 atom stereocenters. The van der Waals surface area contributed by atoms with Gasteiger partial charge in [0.25, 0.3) is 0 Å². The van der Waals surface area contributed by atoms with Gasteiger partial charge in [0.1, 0.15) is 6.61 Å². The summed E-state index contributed by atoms with van der Waals surface area (Å²) in [6.07, 6.45) is 0. The van der Waals surface area contributed by atoms with E-state index < -0.39 is 12.0 Å². The van der Waals surface area contributed by atoms with Gasteiger partial charge >= 0.3 is 5.97 Å². The van der Waals surface area contributed by atoms with Crippen LogP contribution in [0.15, 0.2) is 0 Å². The number of nitrogens with one attached hydrogen (secondary N) is 1. The molecule has 0 unspecified atom stereocenters. The van der Waals surface area contributed by atoms with E-state index in [0.717, 1.165) is 0 Å². The van der Waals surface area contributed by atoms with E-state index in [4.69, 9.17) is 4.74 Å². The minimum atomic E-state index is -0.763. The van der Waals surface area contributed by atoms with Crippen LogP contribution in [-0.4, -0.2) is 31.1 Å². The number of morpholine rings is 1. The average Bonchev–Trinajstić information content (AvgIpc) is 2.03. The minimum Gasteiger partial charge on any atom is -0.372 e. The molecule has 0 aromatic heterocycles. The van der Waals surface area contributed by atoms with Gasteiger partial charge in [0, 0.05) is 0 Å². The van der Waals surface area contributed by atoms with Crippen LogP contribution in [0.25, 0.3) is 0 Å². The van der Waals surface area contributed by atoms with Crippen molar-refractivity contribution < 1.29 is 19.2 Å². The lowest BCUT2D eigenvalue weighted by Gasteiger charge is -2.20. The van der Waals surface area contributed by atoms with E-state index in [1.165, 1.54) is 0 Å².